The first-order valence-electron chi connectivity index (χ1n) is 10.5. The number of para-hydroxylation sites is 1. The van der Waals surface area contributed by atoms with E-state index in [0.717, 1.165) is 5.56 Å². The second-order valence-corrected chi connectivity index (χ2v) is 8.82. The quantitative estimate of drug-likeness (QED) is 0.416. The van der Waals surface area contributed by atoms with Crippen LogP contribution in [0.2, 0.25) is 5.02 Å². The molecule has 8 nitrogen and oxygen atoms in total. The molecule has 2 aromatic heterocycles. The molecule has 5 rings (SSSR count). The molecule has 0 amide bonds. The van der Waals surface area contributed by atoms with Gasteiger partial charge >= 0.3 is 0 Å². The Kier molecular flexibility index (Phi) is 5.47. The summed E-state index contributed by atoms with van der Waals surface area (Å²) in [5.74, 6) is 1.07. The first kappa shape index (κ1) is 21.4. The number of hydrogen-bond donors (Lipinski definition) is 1. The van der Waals surface area contributed by atoms with Gasteiger partial charge in [0, 0.05) is 17.4 Å². The van der Waals surface area contributed by atoms with Crippen LogP contribution in [0.3, 0.4) is 0 Å². The van der Waals surface area contributed by atoms with Crippen LogP contribution in [-0.2, 0) is 11.3 Å². The molecule has 2 aromatic carbocycles. The minimum Gasteiger partial charge on any atom is -0.486 e. The van der Waals surface area contributed by atoms with Crippen LogP contribution in [0.4, 0.5) is 0 Å². The number of aromatic nitrogens is 4. The molecule has 1 aliphatic heterocycles. The molecule has 1 N–H and O–H groups in total. The number of hydrogen-bond acceptors (Lipinski definition) is 6. The number of ketones is 1. The topological polar surface area (TPSA) is 98.6 Å². The van der Waals surface area contributed by atoms with Crippen LogP contribution in [0.5, 0.6) is 5.75 Å². The predicted molar refractivity (Wildman–Crippen MR) is 123 cm³/mol. The first-order chi connectivity index (χ1) is 15.9. The molecule has 0 radical (unpaired) electrons. The molecule has 9 heteroatoms. The summed E-state index contributed by atoms with van der Waals surface area (Å²) >= 11 is 6.31. The second kappa shape index (κ2) is 8.46. The molecule has 4 aromatic rings. The van der Waals surface area contributed by atoms with Crippen molar-refractivity contribution in [2.24, 2.45) is 5.41 Å². The molecule has 1 saturated heterocycles. The second-order valence-electron chi connectivity index (χ2n) is 8.44. The van der Waals surface area contributed by atoms with Gasteiger partial charge in [0.15, 0.2) is 11.6 Å². The molecule has 0 bridgehead atoms. The molecule has 0 saturated carbocycles. The van der Waals surface area contributed by atoms with Gasteiger partial charge in [0.05, 0.1) is 18.8 Å². The Hall–Kier alpha value is -3.49. The summed E-state index contributed by atoms with van der Waals surface area (Å²) < 4.78 is 12.4. The molecule has 0 aliphatic carbocycles. The minimum atomic E-state index is -0.475. The molecule has 0 spiro atoms. The molecule has 168 valence electrons. The molecular weight excluding hydrogens is 444 g/mol. The Balaban J connectivity index is 1.41. The van der Waals surface area contributed by atoms with Crippen molar-refractivity contribution in [1.29, 1.82) is 0 Å². The number of ether oxygens (including phenoxy) is 2. The average Bonchev–Trinajstić information content (AvgIpc) is 3.24. The van der Waals surface area contributed by atoms with Crippen molar-refractivity contribution in [1.82, 2.24) is 19.6 Å². The van der Waals surface area contributed by atoms with Crippen molar-refractivity contribution >= 4 is 23.2 Å². The molecule has 0 atom stereocenters. The fourth-order valence-electron chi connectivity index (χ4n) is 3.76. The Bertz CT molecular complexity index is 1390. The maximum atomic E-state index is 12.9. The summed E-state index contributed by atoms with van der Waals surface area (Å²) in [5.41, 5.74) is 0.914. The standard InChI is InChI=1S/C24H21ClN4O4/c1-24(13-32-14-24)11-18(30)16-9-5-6-10-19(16)33-12-17-20(25)22(31)29-23(26-17)27-21(28-29)15-7-3-2-4-8-15/h2-10H,11-14H2,1H3,(H,26,27,28). The fraction of sp³-hybridized carbons (Fsp3) is 0.250. The van der Waals surface area contributed by atoms with Crippen molar-refractivity contribution in [3.63, 3.8) is 0 Å². The number of fused-ring (bicyclic) bond motifs is 1. The van der Waals surface area contributed by atoms with Crippen molar-refractivity contribution in [3.05, 3.63) is 81.2 Å². The van der Waals surface area contributed by atoms with Crippen molar-refractivity contribution < 1.29 is 14.3 Å². The van der Waals surface area contributed by atoms with Gasteiger partial charge in [-0.3, -0.25) is 14.7 Å². The van der Waals surface area contributed by atoms with Crippen LogP contribution in [0.15, 0.2) is 59.4 Å². The van der Waals surface area contributed by atoms with Crippen LogP contribution in [0, 0.1) is 5.41 Å². The third-order valence-electron chi connectivity index (χ3n) is 5.60. The zero-order valence-corrected chi connectivity index (χ0v) is 18.6. The summed E-state index contributed by atoms with van der Waals surface area (Å²) in [6.45, 7) is 3.08. The molecule has 3 heterocycles. The van der Waals surface area contributed by atoms with E-state index >= 15 is 0 Å². The molecule has 0 unspecified atom stereocenters. The van der Waals surface area contributed by atoms with E-state index in [2.05, 4.69) is 15.1 Å². The Morgan fingerprint density at radius 2 is 1.88 bits per heavy atom. The van der Waals surface area contributed by atoms with Crippen LogP contribution in [-0.4, -0.2) is 38.6 Å². The minimum absolute atomic E-state index is 0.0224. The Morgan fingerprint density at radius 3 is 2.61 bits per heavy atom. The number of rotatable bonds is 7. The van der Waals surface area contributed by atoms with Gasteiger partial charge < -0.3 is 9.47 Å². The fourth-order valence-corrected chi connectivity index (χ4v) is 3.95. The molecule has 33 heavy (non-hydrogen) atoms. The van der Waals surface area contributed by atoms with Crippen LogP contribution in [0.1, 0.15) is 29.4 Å². The van der Waals surface area contributed by atoms with Gasteiger partial charge in [-0.05, 0) is 12.1 Å². The zero-order valence-electron chi connectivity index (χ0n) is 17.9. The normalized spacial score (nSPS) is 14.7. The summed E-state index contributed by atoms with van der Waals surface area (Å²) in [4.78, 5) is 34.5. The van der Waals surface area contributed by atoms with Gasteiger partial charge in [-0.2, -0.15) is 9.50 Å². The van der Waals surface area contributed by atoms with Crippen molar-refractivity contribution in [2.75, 3.05) is 13.2 Å². The lowest BCUT2D eigenvalue weighted by Crippen LogP contribution is -2.41. The smallest absolute Gasteiger partial charge is 0.293 e. The lowest BCUT2D eigenvalue weighted by atomic mass is 9.82. The van der Waals surface area contributed by atoms with E-state index in [9.17, 15) is 9.59 Å². The van der Waals surface area contributed by atoms with Gasteiger partial charge in [-0.25, -0.2) is 4.98 Å². The van der Waals surface area contributed by atoms with E-state index in [-0.39, 0.29) is 34.3 Å². The summed E-state index contributed by atoms with van der Waals surface area (Å²) in [5, 5.41) is 2.86. The number of carbonyl (C=O) groups is 1. The SMILES string of the molecule is CC1(CC(=O)c2ccccc2OCc2nc3nc(-c4ccccc4)[nH]n3c(=O)c2Cl)COC1. The van der Waals surface area contributed by atoms with Gasteiger partial charge in [0.2, 0.25) is 0 Å². The van der Waals surface area contributed by atoms with Gasteiger partial charge in [-0.1, -0.05) is 61.0 Å². The summed E-state index contributed by atoms with van der Waals surface area (Å²) in [6.07, 6.45) is 0.370. The largest absolute Gasteiger partial charge is 0.486 e. The molecule has 1 aliphatic rings. The first-order valence-corrected chi connectivity index (χ1v) is 10.9. The van der Waals surface area contributed by atoms with Gasteiger partial charge in [0.1, 0.15) is 23.1 Å². The van der Waals surface area contributed by atoms with E-state index in [1.54, 1.807) is 24.3 Å². The van der Waals surface area contributed by atoms with E-state index in [1.807, 2.05) is 37.3 Å². The van der Waals surface area contributed by atoms with Gasteiger partial charge in [0.25, 0.3) is 11.3 Å². The number of aromatic amines is 1. The molecule has 1 fully saturated rings. The Morgan fingerprint density at radius 1 is 1.15 bits per heavy atom. The number of nitrogens with one attached hydrogen (secondary N) is 1. The van der Waals surface area contributed by atoms with E-state index in [1.165, 1.54) is 4.52 Å². The number of H-pyrrole nitrogens is 1. The summed E-state index contributed by atoms with van der Waals surface area (Å²) in [7, 11) is 0. The lowest BCUT2D eigenvalue weighted by Gasteiger charge is -2.37. The van der Waals surface area contributed by atoms with Crippen molar-refractivity contribution in [3.8, 4) is 17.1 Å². The number of halogens is 1. The van der Waals surface area contributed by atoms with Gasteiger partial charge in [-0.15, -0.1) is 0 Å². The number of carbonyl (C=O) groups excluding carboxylic acids is 1. The third kappa shape index (κ3) is 4.15. The van der Waals surface area contributed by atoms with E-state index < -0.39 is 5.56 Å². The van der Waals surface area contributed by atoms with Crippen LogP contribution >= 0.6 is 11.6 Å². The lowest BCUT2D eigenvalue weighted by molar-refractivity contribution is -0.0996. The average molecular weight is 465 g/mol. The zero-order chi connectivity index (χ0) is 23.0. The maximum Gasteiger partial charge on any atom is 0.293 e. The van der Waals surface area contributed by atoms with Crippen LogP contribution < -0.4 is 10.3 Å². The number of benzene rings is 2. The molecular formula is C24H21ClN4O4. The highest BCUT2D eigenvalue weighted by Crippen LogP contribution is 2.33. The highest BCUT2D eigenvalue weighted by atomic mass is 35.5. The number of nitrogens with zero attached hydrogens (tertiary/aromatic N) is 3. The Labute approximate surface area is 194 Å². The van der Waals surface area contributed by atoms with Crippen LogP contribution in [0.25, 0.3) is 17.2 Å². The third-order valence-corrected chi connectivity index (χ3v) is 5.98. The van der Waals surface area contributed by atoms with Crippen molar-refractivity contribution in [2.45, 2.75) is 20.0 Å². The predicted octanol–water partition coefficient (Wildman–Crippen LogP) is 3.93. The highest BCUT2D eigenvalue weighted by molar-refractivity contribution is 6.31. The maximum absolute atomic E-state index is 12.9. The van der Waals surface area contributed by atoms with E-state index in [0.29, 0.717) is 36.8 Å². The van der Waals surface area contributed by atoms with E-state index in [4.69, 9.17) is 21.1 Å². The highest BCUT2D eigenvalue weighted by Gasteiger charge is 2.36. The monoisotopic (exact) mass is 464 g/mol. The summed E-state index contributed by atoms with van der Waals surface area (Å²) in [6, 6.07) is 16.4. The number of Topliss-reactive ketones (excluding diaryl/α,β-unsaturated/α-hetero) is 1.